The van der Waals surface area contributed by atoms with Crippen LogP contribution in [-0.2, 0) is 29.0 Å². The second-order valence-electron chi connectivity index (χ2n) is 12.1. The predicted molar refractivity (Wildman–Crippen MR) is 200 cm³/mol. The fourth-order valence-electron chi connectivity index (χ4n) is 5.20. The Labute approximate surface area is 298 Å². The van der Waals surface area contributed by atoms with Crippen molar-refractivity contribution in [2.45, 2.75) is 70.7 Å². The van der Waals surface area contributed by atoms with Gasteiger partial charge < -0.3 is 31.3 Å². The molecule has 0 aliphatic carbocycles. The summed E-state index contributed by atoms with van der Waals surface area (Å²) in [4.78, 5) is 50.7. The summed E-state index contributed by atoms with van der Waals surface area (Å²) in [6.07, 6.45) is 5.78. The number of urea groups is 1. The number of thioether (sulfide) groups is 1. The molecule has 1 aromatic heterocycles. The van der Waals surface area contributed by atoms with E-state index in [1.807, 2.05) is 66.9 Å². The number of aromatic nitrogens is 1. The number of carbonyl (C=O) groups excluding carboxylic acids is 3. The first-order chi connectivity index (χ1) is 23.7. The van der Waals surface area contributed by atoms with Gasteiger partial charge in [0, 0.05) is 37.8 Å². The molecule has 2 aromatic carbocycles. The van der Waals surface area contributed by atoms with Crippen molar-refractivity contribution in [1.29, 1.82) is 0 Å². The van der Waals surface area contributed by atoms with Gasteiger partial charge in [0.25, 0.3) is 0 Å². The van der Waals surface area contributed by atoms with Crippen LogP contribution in [0.25, 0.3) is 0 Å². The maximum Gasteiger partial charge on any atom is 0.407 e. The quantitative estimate of drug-likeness (QED) is 0.0979. The van der Waals surface area contributed by atoms with Gasteiger partial charge in [0.05, 0.1) is 22.0 Å². The van der Waals surface area contributed by atoms with Crippen molar-refractivity contribution < 1.29 is 19.1 Å². The minimum Gasteiger partial charge on any atom is -0.444 e. The zero-order valence-electron chi connectivity index (χ0n) is 29.0. The van der Waals surface area contributed by atoms with E-state index in [-0.39, 0.29) is 43.6 Å². The minimum atomic E-state index is -0.806. The number of thiazole rings is 1. The van der Waals surface area contributed by atoms with Gasteiger partial charge in [-0.2, -0.15) is 0 Å². The first-order valence-electron chi connectivity index (χ1n) is 16.7. The number of carbonyl (C=O) groups is 3. The van der Waals surface area contributed by atoms with Crippen molar-refractivity contribution >= 4 is 46.2 Å². The monoisotopic (exact) mass is 709 g/mol. The molecule has 0 radical (unpaired) electrons. The Morgan fingerprint density at radius 1 is 0.939 bits per heavy atom. The molecular formula is C36H51N7O4S2. The van der Waals surface area contributed by atoms with E-state index < -0.39 is 12.1 Å². The van der Waals surface area contributed by atoms with Crippen molar-refractivity contribution in [2.75, 3.05) is 32.9 Å². The van der Waals surface area contributed by atoms with E-state index in [2.05, 4.69) is 39.8 Å². The van der Waals surface area contributed by atoms with Gasteiger partial charge in [0.2, 0.25) is 5.91 Å². The highest BCUT2D eigenvalue weighted by molar-refractivity contribution is 8.13. The number of ether oxygens (including phenoxy) is 1. The maximum absolute atomic E-state index is 13.7. The predicted octanol–water partition coefficient (Wildman–Crippen LogP) is 5.26. The smallest absolute Gasteiger partial charge is 0.407 e. The minimum absolute atomic E-state index is 0.148. The number of nitrogens with two attached hydrogens (primary N) is 1. The Hall–Kier alpha value is -3.94. The van der Waals surface area contributed by atoms with E-state index in [4.69, 9.17) is 10.5 Å². The molecule has 5 N–H and O–H groups in total. The summed E-state index contributed by atoms with van der Waals surface area (Å²) >= 11 is 3.04. The summed E-state index contributed by atoms with van der Waals surface area (Å²) in [5.41, 5.74) is 9.72. The van der Waals surface area contributed by atoms with E-state index in [1.165, 1.54) is 16.2 Å². The van der Waals surface area contributed by atoms with E-state index >= 15 is 0 Å². The van der Waals surface area contributed by atoms with Crippen LogP contribution in [0.3, 0.4) is 0 Å². The number of alkyl carbamates (subject to hydrolysis) is 1. The summed E-state index contributed by atoms with van der Waals surface area (Å²) in [6.45, 7) is 5.45. The van der Waals surface area contributed by atoms with Gasteiger partial charge in [0.1, 0.15) is 12.6 Å². The molecule has 0 fully saturated rings. The Balaban J connectivity index is 1.68. The molecule has 49 heavy (non-hydrogen) atoms. The number of likely N-dealkylation sites (N-methyl/N-ethyl adjacent to an activating group) is 1. The van der Waals surface area contributed by atoms with Crippen LogP contribution in [0.5, 0.6) is 0 Å². The number of nitrogens with one attached hydrogen (secondary N) is 3. The van der Waals surface area contributed by atoms with Crippen LogP contribution in [0.2, 0.25) is 0 Å². The van der Waals surface area contributed by atoms with Crippen LogP contribution in [0.4, 0.5) is 9.59 Å². The zero-order chi connectivity index (χ0) is 35.4. The lowest BCUT2D eigenvalue weighted by Crippen LogP contribution is -2.53. The SMILES string of the molecule is CSC(=NCCN(C)C(=O)N[C@@H](CCN)C(=O)N[C@H](CC[C@H](Cc1ccccc1)NC(=O)OCc1cncs1)Cc1ccccc1)C(C)C. The average Bonchev–Trinajstić information content (AvgIpc) is 3.62. The molecule has 0 aliphatic rings. The molecule has 3 atom stereocenters. The van der Waals surface area contributed by atoms with E-state index in [0.29, 0.717) is 44.7 Å². The zero-order valence-corrected chi connectivity index (χ0v) is 30.6. The van der Waals surface area contributed by atoms with Crippen molar-refractivity contribution in [3.05, 3.63) is 88.4 Å². The molecule has 1 heterocycles. The third kappa shape index (κ3) is 15.0. The second-order valence-corrected chi connectivity index (χ2v) is 13.9. The van der Waals surface area contributed by atoms with Crippen molar-refractivity contribution in [3.63, 3.8) is 0 Å². The molecule has 266 valence electrons. The standard InChI is InChI=1S/C36H51N7O4S2/c1-26(2)34(48-4)39-19-20-43(3)35(45)42-32(17-18-37)33(44)40-29(21-27-11-7-5-8-12-27)15-16-30(22-28-13-9-6-10-14-28)41-36(46)47-24-31-23-38-25-49-31/h5-14,23,25-26,29-30,32H,15-22,24,37H2,1-4H3,(H,40,44)(H,41,46)(H,42,45)/t29-,30-,32+/m1/s1. The van der Waals surface area contributed by atoms with Crippen LogP contribution in [-0.4, -0.2) is 84.0 Å². The van der Waals surface area contributed by atoms with Crippen LogP contribution in [0.1, 0.15) is 49.1 Å². The van der Waals surface area contributed by atoms with Gasteiger partial charge >= 0.3 is 12.1 Å². The summed E-state index contributed by atoms with van der Waals surface area (Å²) in [5.74, 6) is 0.0233. The number of nitrogens with zero attached hydrogens (tertiary/aromatic N) is 3. The van der Waals surface area contributed by atoms with Crippen molar-refractivity contribution in [1.82, 2.24) is 25.8 Å². The molecular weight excluding hydrogens is 659 g/mol. The molecule has 0 unspecified atom stereocenters. The normalized spacial score (nSPS) is 13.3. The average molecular weight is 710 g/mol. The topological polar surface area (TPSA) is 151 Å². The highest BCUT2D eigenvalue weighted by Gasteiger charge is 2.25. The summed E-state index contributed by atoms with van der Waals surface area (Å²) in [6, 6.07) is 18.2. The number of aliphatic imine (C=N–C) groups is 1. The molecule has 0 spiro atoms. The maximum atomic E-state index is 13.7. The molecule has 0 bridgehead atoms. The van der Waals surface area contributed by atoms with Crippen LogP contribution >= 0.6 is 23.1 Å². The van der Waals surface area contributed by atoms with Gasteiger partial charge in [-0.1, -0.05) is 74.5 Å². The van der Waals surface area contributed by atoms with Gasteiger partial charge in [-0.05, 0) is 56.0 Å². The largest absolute Gasteiger partial charge is 0.444 e. The highest BCUT2D eigenvalue weighted by Crippen LogP contribution is 2.15. The molecule has 0 saturated heterocycles. The Morgan fingerprint density at radius 3 is 2.08 bits per heavy atom. The fraction of sp³-hybridized carbons (Fsp3) is 0.472. The van der Waals surface area contributed by atoms with E-state index in [0.717, 1.165) is 21.0 Å². The summed E-state index contributed by atoms with van der Waals surface area (Å²) in [7, 11) is 1.69. The second kappa shape index (κ2) is 21.9. The number of hydrogen-bond donors (Lipinski definition) is 4. The van der Waals surface area contributed by atoms with Crippen LogP contribution in [0.15, 0.2) is 77.4 Å². The molecule has 4 amide bonds. The number of benzene rings is 2. The van der Waals surface area contributed by atoms with Gasteiger partial charge in [-0.25, -0.2) is 9.59 Å². The molecule has 13 heteroatoms. The molecule has 0 aliphatic heterocycles. The first kappa shape index (κ1) is 39.5. The Bertz CT molecular complexity index is 1430. The number of hydrogen-bond acceptors (Lipinski definition) is 9. The Morgan fingerprint density at radius 2 is 1.55 bits per heavy atom. The number of amides is 4. The third-order valence-corrected chi connectivity index (χ3v) is 9.61. The molecule has 3 aromatic rings. The lowest BCUT2D eigenvalue weighted by Gasteiger charge is -2.27. The molecule has 11 nitrogen and oxygen atoms in total. The Kier molecular flexibility index (Phi) is 17.7. The van der Waals surface area contributed by atoms with Gasteiger partial charge in [-0.3, -0.25) is 14.8 Å². The molecule has 0 saturated carbocycles. The molecule has 3 rings (SSSR count). The van der Waals surface area contributed by atoms with E-state index in [9.17, 15) is 14.4 Å². The summed E-state index contributed by atoms with van der Waals surface area (Å²) < 4.78 is 5.47. The third-order valence-electron chi connectivity index (χ3n) is 7.83. The first-order valence-corrected chi connectivity index (χ1v) is 18.8. The lowest BCUT2D eigenvalue weighted by molar-refractivity contribution is -0.123. The summed E-state index contributed by atoms with van der Waals surface area (Å²) in [5, 5.41) is 10.1. The van der Waals surface area contributed by atoms with E-state index in [1.54, 1.807) is 30.5 Å². The lowest BCUT2D eigenvalue weighted by atomic mass is 9.95. The van der Waals surface area contributed by atoms with Crippen LogP contribution < -0.4 is 21.7 Å². The van der Waals surface area contributed by atoms with Crippen LogP contribution in [0, 0.1) is 5.92 Å². The van der Waals surface area contributed by atoms with Crippen molar-refractivity contribution in [3.8, 4) is 0 Å². The number of rotatable bonds is 19. The highest BCUT2D eigenvalue weighted by atomic mass is 32.2. The fourth-order valence-corrected chi connectivity index (χ4v) is 6.40. The van der Waals surface area contributed by atoms with Gasteiger partial charge in [-0.15, -0.1) is 23.1 Å². The van der Waals surface area contributed by atoms with Gasteiger partial charge in [0.15, 0.2) is 0 Å². The van der Waals surface area contributed by atoms with Crippen molar-refractivity contribution in [2.24, 2.45) is 16.6 Å².